The topological polar surface area (TPSA) is 70.0 Å². The average molecular weight is 243 g/mol. The number of carboxylic acid groups (broad SMARTS) is 1. The van der Waals surface area contributed by atoms with Crippen LogP contribution in [0.4, 0.5) is 0 Å². The van der Waals surface area contributed by atoms with Gasteiger partial charge in [-0.2, -0.15) is 0 Å². The minimum atomic E-state index is -0.782. The van der Waals surface area contributed by atoms with Crippen LogP contribution in [0.3, 0.4) is 0 Å². The van der Waals surface area contributed by atoms with Crippen LogP contribution in [0.5, 0.6) is 0 Å². The number of aliphatic hydroxyl groups is 1. The van der Waals surface area contributed by atoms with Gasteiger partial charge in [-0.05, 0) is 25.8 Å². The molecule has 1 atom stereocenters. The van der Waals surface area contributed by atoms with E-state index in [1.54, 1.807) is 11.9 Å². The first-order chi connectivity index (χ1) is 8.02. The smallest absolute Gasteiger partial charge is 0.321 e. The van der Waals surface area contributed by atoms with Crippen molar-refractivity contribution in [3.8, 4) is 0 Å². The number of ether oxygens (including phenoxy) is 1. The molecule has 2 aliphatic rings. The molecule has 0 amide bonds. The van der Waals surface area contributed by atoms with Crippen LogP contribution in [0.25, 0.3) is 0 Å². The third kappa shape index (κ3) is 3.18. The van der Waals surface area contributed by atoms with E-state index >= 15 is 0 Å². The minimum absolute atomic E-state index is 0.265. The van der Waals surface area contributed by atoms with E-state index in [-0.39, 0.29) is 5.92 Å². The molecule has 0 radical (unpaired) electrons. The predicted molar refractivity (Wildman–Crippen MR) is 61.8 cm³/mol. The maximum absolute atomic E-state index is 11.2. The van der Waals surface area contributed by atoms with E-state index < -0.39 is 17.6 Å². The lowest BCUT2D eigenvalue weighted by Gasteiger charge is -2.37. The summed E-state index contributed by atoms with van der Waals surface area (Å²) in [5.74, 6) is -0.508. The first-order valence-electron chi connectivity index (χ1n) is 6.25. The van der Waals surface area contributed by atoms with Crippen molar-refractivity contribution in [1.29, 1.82) is 0 Å². The number of hydrogen-bond donors (Lipinski definition) is 2. The lowest BCUT2D eigenvalue weighted by Crippen LogP contribution is -2.51. The van der Waals surface area contributed by atoms with Crippen molar-refractivity contribution in [3.63, 3.8) is 0 Å². The van der Waals surface area contributed by atoms with Crippen LogP contribution in [0, 0.1) is 5.92 Å². The number of nitrogens with zero attached hydrogens (tertiary/aromatic N) is 1. The second-order valence-electron chi connectivity index (χ2n) is 5.37. The van der Waals surface area contributed by atoms with Crippen LogP contribution in [-0.4, -0.2) is 59.5 Å². The Morgan fingerprint density at radius 2 is 2.06 bits per heavy atom. The van der Waals surface area contributed by atoms with Gasteiger partial charge >= 0.3 is 5.97 Å². The number of carboxylic acids is 1. The Labute approximate surface area is 101 Å². The van der Waals surface area contributed by atoms with E-state index in [1.807, 2.05) is 0 Å². The van der Waals surface area contributed by atoms with Crippen molar-refractivity contribution < 1.29 is 19.7 Å². The molecule has 2 rings (SSSR count). The highest BCUT2D eigenvalue weighted by Crippen LogP contribution is 2.36. The molecule has 5 nitrogen and oxygen atoms in total. The quantitative estimate of drug-likeness (QED) is 0.728. The zero-order valence-electron chi connectivity index (χ0n) is 10.3. The molecule has 1 saturated heterocycles. The van der Waals surface area contributed by atoms with E-state index in [2.05, 4.69) is 0 Å². The van der Waals surface area contributed by atoms with E-state index in [0.29, 0.717) is 32.6 Å². The Morgan fingerprint density at radius 3 is 2.53 bits per heavy atom. The number of aliphatic carboxylic acids is 1. The molecular formula is C12H21NO4. The monoisotopic (exact) mass is 243 g/mol. The van der Waals surface area contributed by atoms with Crippen LogP contribution >= 0.6 is 0 Å². The van der Waals surface area contributed by atoms with Crippen molar-refractivity contribution in [3.05, 3.63) is 0 Å². The third-order valence-electron chi connectivity index (χ3n) is 3.76. The van der Waals surface area contributed by atoms with Crippen LogP contribution in [-0.2, 0) is 9.53 Å². The average Bonchev–Trinajstić information content (AvgIpc) is 3.01. The highest BCUT2D eigenvalue weighted by atomic mass is 16.5. The molecule has 0 aromatic carbocycles. The molecule has 1 saturated carbocycles. The molecule has 17 heavy (non-hydrogen) atoms. The van der Waals surface area contributed by atoms with E-state index in [4.69, 9.17) is 4.74 Å². The molecule has 1 unspecified atom stereocenters. The highest BCUT2D eigenvalue weighted by Gasteiger charge is 2.41. The van der Waals surface area contributed by atoms with Gasteiger partial charge in [0, 0.05) is 32.6 Å². The molecule has 2 fully saturated rings. The third-order valence-corrected chi connectivity index (χ3v) is 3.76. The van der Waals surface area contributed by atoms with Crippen molar-refractivity contribution in [2.24, 2.45) is 5.92 Å². The lowest BCUT2D eigenvalue weighted by atomic mass is 9.93. The summed E-state index contributed by atoms with van der Waals surface area (Å²) in [6, 6.07) is -0.443. The summed E-state index contributed by atoms with van der Waals surface area (Å²) in [6.07, 6.45) is 3.16. The van der Waals surface area contributed by atoms with Crippen LogP contribution in [0.1, 0.15) is 25.7 Å². The van der Waals surface area contributed by atoms with Crippen molar-refractivity contribution in [2.75, 3.05) is 26.8 Å². The number of hydrogen-bond acceptors (Lipinski definition) is 4. The Bertz CT molecular complexity index is 284. The van der Waals surface area contributed by atoms with Gasteiger partial charge in [0.15, 0.2) is 0 Å². The van der Waals surface area contributed by atoms with Crippen molar-refractivity contribution in [1.82, 2.24) is 4.90 Å². The summed E-state index contributed by atoms with van der Waals surface area (Å²) in [5, 5.41) is 19.6. The standard InChI is InChI=1S/C12H21NO4/c1-13(10(11(14)15)9-2-3-9)8-12(16)4-6-17-7-5-12/h9-10,16H,2-8H2,1H3,(H,14,15). The van der Waals surface area contributed by atoms with Gasteiger partial charge in [-0.25, -0.2) is 0 Å². The molecule has 0 bridgehead atoms. The van der Waals surface area contributed by atoms with Crippen LogP contribution in [0.2, 0.25) is 0 Å². The van der Waals surface area contributed by atoms with Gasteiger partial charge in [0.25, 0.3) is 0 Å². The van der Waals surface area contributed by atoms with E-state index in [1.165, 1.54) is 0 Å². The summed E-state index contributed by atoms with van der Waals surface area (Å²) in [6.45, 7) is 1.54. The van der Waals surface area contributed by atoms with Gasteiger partial charge < -0.3 is 14.9 Å². The molecule has 0 spiro atoms. The van der Waals surface area contributed by atoms with Gasteiger partial charge in [0.1, 0.15) is 6.04 Å². The molecule has 0 aromatic heterocycles. The first-order valence-corrected chi connectivity index (χ1v) is 6.25. The Morgan fingerprint density at radius 1 is 1.47 bits per heavy atom. The van der Waals surface area contributed by atoms with Gasteiger partial charge in [-0.15, -0.1) is 0 Å². The molecule has 1 aliphatic heterocycles. The maximum Gasteiger partial charge on any atom is 0.321 e. The van der Waals surface area contributed by atoms with Gasteiger partial charge in [-0.3, -0.25) is 9.69 Å². The number of rotatable bonds is 5. The molecule has 98 valence electrons. The van der Waals surface area contributed by atoms with Gasteiger partial charge in [0.2, 0.25) is 0 Å². The molecule has 1 aliphatic carbocycles. The second-order valence-corrected chi connectivity index (χ2v) is 5.37. The largest absolute Gasteiger partial charge is 0.480 e. The van der Waals surface area contributed by atoms with Crippen LogP contribution in [0.15, 0.2) is 0 Å². The number of carbonyl (C=O) groups is 1. The minimum Gasteiger partial charge on any atom is -0.480 e. The number of likely N-dealkylation sites (N-methyl/N-ethyl adjacent to an activating group) is 1. The summed E-state index contributed by atoms with van der Waals surface area (Å²) in [5.41, 5.74) is -0.782. The zero-order chi connectivity index (χ0) is 12.5. The van der Waals surface area contributed by atoms with E-state index in [9.17, 15) is 15.0 Å². The fraction of sp³-hybridized carbons (Fsp3) is 0.917. The molecule has 1 heterocycles. The summed E-state index contributed by atoms with van der Waals surface area (Å²) < 4.78 is 5.22. The normalized spacial score (nSPS) is 25.8. The zero-order valence-corrected chi connectivity index (χ0v) is 10.3. The second kappa shape index (κ2) is 4.92. The molecule has 5 heteroatoms. The summed E-state index contributed by atoms with van der Waals surface area (Å²) in [7, 11) is 1.80. The molecule has 2 N–H and O–H groups in total. The summed E-state index contributed by atoms with van der Waals surface area (Å²) >= 11 is 0. The summed E-state index contributed by atoms with van der Waals surface area (Å²) in [4.78, 5) is 13.0. The lowest BCUT2D eigenvalue weighted by molar-refractivity contribution is -0.146. The van der Waals surface area contributed by atoms with Gasteiger partial charge in [-0.1, -0.05) is 0 Å². The van der Waals surface area contributed by atoms with Gasteiger partial charge in [0.05, 0.1) is 5.60 Å². The Hall–Kier alpha value is -0.650. The fourth-order valence-electron chi connectivity index (χ4n) is 2.63. The van der Waals surface area contributed by atoms with Crippen LogP contribution < -0.4 is 0 Å². The molecule has 0 aromatic rings. The Balaban J connectivity index is 1.93. The SMILES string of the molecule is CN(CC1(O)CCOCC1)C(C(=O)O)C1CC1. The predicted octanol–water partition coefficient (Wildman–Crippen LogP) is 0.323. The van der Waals surface area contributed by atoms with Crippen molar-refractivity contribution in [2.45, 2.75) is 37.3 Å². The molecular weight excluding hydrogens is 222 g/mol. The maximum atomic E-state index is 11.2. The Kier molecular flexibility index (Phi) is 3.70. The fourth-order valence-corrected chi connectivity index (χ4v) is 2.63. The first kappa shape index (κ1) is 12.8. The van der Waals surface area contributed by atoms with E-state index in [0.717, 1.165) is 12.8 Å². The van der Waals surface area contributed by atoms with Crippen molar-refractivity contribution >= 4 is 5.97 Å². The highest BCUT2D eigenvalue weighted by molar-refractivity contribution is 5.74.